The minimum absolute atomic E-state index is 0.00264. The Morgan fingerprint density at radius 1 is 1.71 bits per heavy atom. The van der Waals surface area contributed by atoms with Crippen molar-refractivity contribution in [2.75, 3.05) is 23.5 Å². The summed E-state index contributed by atoms with van der Waals surface area (Å²) in [5.41, 5.74) is 5.94. The first kappa shape index (κ1) is 12.0. The maximum absolute atomic E-state index is 8.61. The normalized spacial score (nSPS) is 20.5. The van der Waals surface area contributed by atoms with Gasteiger partial charge in [-0.25, -0.2) is 9.97 Å². The van der Waals surface area contributed by atoms with Crippen molar-refractivity contribution in [3.63, 3.8) is 0 Å². The first-order chi connectivity index (χ1) is 8.22. The summed E-state index contributed by atoms with van der Waals surface area (Å²) in [6.45, 7) is 0. The lowest BCUT2D eigenvalue weighted by Crippen LogP contribution is -2.33. The third-order valence-corrected chi connectivity index (χ3v) is 3.93. The summed E-state index contributed by atoms with van der Waals surface area (Å²) in [5, 5.41) is 11.6. The molecule has 2 heterocycles. The number of amidine groups is 1. The lowest BCUT2D eigenvalue weighted by molar-refractivity contribution is 0.318. The molecule has 1 fully saturated rings. The van der Waals surface area contributed by atoms with Crippen LogP contribution >= 0.6 is 11.8 Å². The molecule has 0 bridgehead atoms. The number of nitrogens with two attached hydrogens (primary N) is 1. The Bertz CT molecular complexity index is 419. The quantitative estimate of drug-likeness (QED) is 0.353. The molecular formula is C10H15N5OS. The number of nitrogens with zero attached hydrogens (tertiary/aromatic N) is 4. The predicted octanol–water partition coefficient (Wildman–Crippen LogP) is 0.513. The van der Waals surface area contributed by atoms with Crippen molar-refractivity contribution in [1.29, 1.82) is 0 Å². The third kappa shape index (κ3) is 2.60. The summed E-state index contributed by atoms with van der Waals surface area (Å²) in [5.74, 6) is 2.88. The van der Waals surface area contributed by atoms with Gasteiger partial charge in [0.1, 0.15) is 5.69 Å². The van der Waals surface area contributed by atoms with Crippen LogP contribution in [0.1, 0.15) is 12.1 Å². The molecule has 6 nitrogen and oxygen atoms in total. The average molecular weight is 253 g/mol. The first-order valence-electron chi connectivity index (χ1n) is 5.34. The highest BCUT2D eigenvalue weighted by molar-refractivity contribution is 7.99. The van der Waals surface area contributed by atoms with Gasteiger partial charge >= 0.3 is 0 Å². The van der Waals surface area contributed by atoms with Crippen LogP contribution in [0.4, 0.5) is 5.95 Å². The summed E-state index contributed by atoms with van der Waals surface area (Å²) in [7, 11) is 1.97. The molecule has 1 aromatic heterocycles. The van der Waals surface area contributed by atoms with Crippen LogP contribution in [0, 0.1) is 0 Å². The second-order valence-corrected chi connectivity index (χ2v) is 5.01. The number of rotatable bonds is 3. The molecule has 1 aliphatic rings. The summed E-state index contributed by atoms with van der Waals surface area (Å²) < 4.78 is 0. The van der Waals surface area contributed by atoms with Gasteiger partial charge in [-0.3, -0.25) is 0 Å². The highest BCUT2D eigenvalue weighted by atomic mass is 32.2. The molecule has 0 amide bonds. The standard InChI is InChI=1S/C10H15N5OS/c1-15(7-3-5-17-6-7)10-12-4-2-8(13-10)9(11)14-16/h2,4,7,16H,3,5-6H2,1H3,(H2,11,14). The van der Waals surface area contributed by atoms with Gasteiger partial charge in [0.15, 0.2) is 5.84 Å². The van der Waals surface area contributed by atoms with Gasteiger partial charge in [-0.1, -0.05) is 5.16 Å². The van der Waals surface area contributed by atoms with Gasteiger partial charge in [0.25, 0.3) is 0 Å². The van der Waals surface area contributed by atoms with E-state index in [2.05, 4.69) is 15.1 Å². The fourth-order valence-electron chi connectivity index (χ4n) is 1.70. The zero-order chi connectivity index (χ0) is 12.3. The number of hydrogen-bond donors (Lipinski definition) is 2. The summed E-state index contributed by atoms with van der Waals surface area (Å²) in [6.07, 6.45) is 2.76. The molecule has 7 heteroatoms. The van der Waals surface area contributed by atoms with Gasteiger partial charge in [0.2, 0.25) is 5.95 Å². The Balaban J connectivity index is 2.20. The molecule has 92 valence electrons. The molecule has 0 aromatic carbocycles. The second kappa shape index (κ2) is 5.22. The van der Waals surface area contributed by atoms with Gasteiger partial charge in [0.05, 0.1) is 0 Å². The molecular weight excluding hydrogens is 238 g/mol. The number of hydrogen-bond acceptors (Lipinski definition) is 6. The maximum Gasteiger partial charge on any atom is 0.225 e. The molecule has 0 radical (unpaired) electrons. The lowest BCUT2D eigenvalue weighted by atomic mass is 10.2. The molecule has 17 heavy (non-hydrogen) atoms. The monoisotopic (exact) mass is 253 g/mol. The Morgan fingerprint density at radius 2 is 2.53 bits per heavy atom. The lowest BCUT2D eigenvalue weighted by Gasteiger charge is -2.23. The van der Waals surface area contributed by atoms with Crippen LogP contribution in [0.5, 0.6) is 0 Å². The Labute approximate surface area is 104 Å². The van der Waals surface area contributed by atoms with Crippen LogP contribution < -0.4 is 10.6 Å². The van der Waals surface area contributed by atoms with Crippen molar-refractivity contribution in [3.05, 3.63) is 18.0 Å². The van der Waals surface area contributed by atoms with Crippen LogP contribution in [0.2, 0.25) is 0 Å². The maximum atomic E-state index is 8.61. The molecule has 2 rings (SSSR count). The van der Waals surface area contributed by atoms with E-state index in [9.17, 15) is 0 Å². The molecule has 0 spiro atoms. The van der Waals surface area contributed by atoms with E-state index in [-0.39, 0.29) is 5.84 Å². The van der Waals surface area contributed by atoms with Crippen LogP contribution in [0.25, 0.3) is 0 Å². The van der Waals surface area contributed by atoms with Gasteiger partial charge < -0.3 is 15.8 Å². The van der Waals surface area contributed by atoms with E-state index < -0.39 is 0 Å². The van der Waals surface area contributed by atoms with Crippen molar-refractivity contribution in [2.45, 2.75) is 12.5 Å². The largest absolute Gasteiger partial charge is 0.409 e. The van der Waals surface area contributed by atoms with E-state index in [0.29, 0.717) is 17.7 Å². The minimum atomic E-state index is 0.00264. The average Bonchev–Trinajstić information content (AvgIpc) is 2.91. The molecule has 1 unspecified atom stereocenters. The molecule has 1 saturated heterocycles. The zero-order valence-electron chi connectivity index (χ0n) is 9.58. The molecule has 1 aromatic rings. The van der Waals surface area contributed by atoms with Crippen LogP contribution in [-0.2, 0) is 0 Å². The molecule has 1 aliphatic heterocycles. The van der Waals surface area contributed by atoms with Crippen molar-refractivity contribution in [2.24, 2.45) is 10.9 Å². The fraction of sp³-hybridized carbons (Fsp3) is 0.500. The van der Waals surface area contributed by atoms with Gasteiger partial charge in [-0.05, 0) is 18.2 Å². The van der Waals surface area contributed by atoms with Crippen molar-refractivity contribution in [3.8, 4) is 0 Å². The molecule has 1 atom stereocenters. The van der Waals surface area contributed by atoms with Gasteiger partial charge in [-0.2, -0.15) is 11.8 Å². The Kier molecular flexibility index (Phi) is 3.68. The number of anilines is 1. The molecule has 0 aliphatic carbocycles. The van der Waals surface area contributed by atoms with Crippen molar-refractivity contribution >= 4 is 23.5 Å². The van der Waals surface area contributed by atoms with E-state index in [1.54, 1.807) is 12.3 Å². The summed E-state index contributed by atoms with van der Waals surface area (Å²) in [6, 6.07) is 2.08. The predicted molar refractivity (Wildman–Crippen MR) is 68.7 cm³/mol. The fourth-order valence-corrected chi connectivity index (χ4v) is 2.97. The summed E-state index contributed by atoms with van der Waals surface area (Å²) >= 11 is 1.93. The van der Waals surface area contributed by atoms with Gasteiger partial charge in [0, 0.05) is 25.0 Å². The highest BCUT2D eigenvalue weighted by Gasteiger charge is 2.22. The van der Waals surface area contributed by atoms with Crippen molar-refractivity contribution in [1.82, 2.24) is 9.97 Å². The van der Waals surface area contributed by atoms with E-state index in [1.165, 1.54) is 5.75 Å². The van der Waals surface area contributed by atoms with Crippen LogP contribution in [0.3, 0.4) is 0 Å². The minimum Gasteiger partial charge on any atom is -0.409 e. The number of oxime groups is 1. The molecule has 0 saturated carbocycles. The molecule has 3 N–H and O–H groups in total. The zero-order valence-corrected chi connectivity index (χ0v) is 10.4. The Morgan fingerprint density at radius 3 is 3.18 bits per heavy atom. The van der Waals surface area contributed by atoms with Crippen LogP contribution in [0.15, 0.2) is 17.4 Å². The number of thioether (sulfide) groups is 1. The number of aromatic nitrogens is 2. The topological polar surface area (TPSA) is 87.6 Å². The van der Waals surface area contributed by atoms with E-state index in [1.807, 2.05) is 23.7 Å². The highest BCUT2D eigenvalue weighted by Crippen LogP contribution is 2.23. The van der Waals surface area contributed by atoms with Crippen molar-refractivity contribution < 1.29 is 5.21 Å². The van der Waals surface area contributed by atoms with E-state index in [0.717, 1.165) is 12.2 Å². The van der Waals surface area contributed by atoms with E-state index in [4.69, 9.17) is 10.9 Å². The van der Waals surface area contributed by atoms with Crippen LogP contribution in [-0.4, -0.2) is 45.6 Å². The summed E-state index contributed by atoms with van der Waals surface area (Å²) in [4.78, 5) is 10.5. The van der Waals surface area contributed by atoms with Gasteiger partial charge in [-0.15, -0.1) is 0 Å². The third-order valence-electron chi connectivity index (χ3n) is 2.78. The first-order valence-corrected chi connectivity index (χ1v) is 6.49. The Hall–Kier alpha value is -1.50. The SMILES string of the molecule is CN(c1nccc(/C(N)=N/O)n1)C1CCSC1. The van der Waals surface area contributed by atoms with E-state index >= 15 is 0 Å². The smallest absolute Gasteiger partial charge is 0.225 e. The second-order valence-electron chi connectivity index (χ2n) is 3.86.